The average molecular weight is 366 g/mol. The lowest BCUT2D eigenvalue weighted by Crippen LogP contribution is -2.31. The Morgan fingerprint density at radius 2 is 2.04 bits per heavy atom. The molecule has 3 rings (SSSR count). The monoisotopic (exact) mass is 366 g/mol. The average Bonchev–Trinajstić information content (AvgIpc) is 2.67. The van der Waals surface area contributed by atoms with Gasteiger partial charge in [-0.2, -0.15) is 0 Å². The van der Waals surface area contributed by atoms with Crippen LogP contribution in [0.4, 0.5) is 0 Å². The van der Waals surface area contributed by atoms with Crippen molar-refractivity contribution in [2.45, 2.75) is 32.9 Å². The van der Waals surface area contributed by atoms with E-state index in [0.717, 1.165) is 16.9 Å². The number of benzene rings is 2. The number of rotatable bonds is 6. The molecule has 0 aliphatic rings. The van der Waals surface area contributed by atoms with Crippen molar-refractivity contribution in [3.05, 3.63) is 63.9 Å². The van der Waals surface area contributed by atoms with Crippen LogP contribution in [0.5, 0.6) is 5.75 Å². The maximum absolute atomic E-state index is 12.4. The van der Waals surface area contributed by atoms with E-state index in [1.807, 2.05) is 32.0 Å². The highest BCUT2D eigenvalue weighted by molar-refractivity contribution is 5.77. The minimum Gasteiger partial charge on any atom is -0.496 e. The van der Waals surface area contributed by atoms with E-state index in [1.54, 1.807) is 31.4 Å². The van der Waals surface area contributed by atoms with Gasteiger partial charge in [0.2, 0.25) is 5.91 Å². The van der Waals surface area contributed by atoms with Gasteiger partial charge in [0.1, 0.15) is 11.3 Å². The molecule has 0 saturated heterocycles. The molecule has 1 heterocycles. The smallest absolute Gasteiger partial charge is 0.277 e. The Kier molecular flexibility index (Phi) is 5.49. The molecule has 0 spiro atoms. The van der Waals surface area contributed by atoms with Crippen molar-refractivity contribution in [2.24, 2.45) is 0 Å². The van der Waals surface area contributed by atoms with Gasteiger partial charge >= 0.3 is 0 Å². The molecule has 1 atom stereocenters. The third-order valence-electron chi connectivity index (χ3n) is 4.41. The second kappa shape index (κ2) is 7.99. The highest BCUT2D eigenvalue weighted by Crippen LogP contribution is 2.26. The SMILES string of the molecule is COc1ccc(C)cc1[C@H](C)NC(=O)CCn1nnc2ccccc2c1=O. The number of methoxy groups -OCH3 is 1. The highest BCUT2D eigenvalue weighted by Gasteiger charge is 2.15. The highest BCUT2D eigenvalue weighted by atomic mass is 16.5. The zero-order valence-electron chi connectivity index (χ0n) is 15.6. The molecule has 140 valence electrons. The molecule has 1 amide bonds. The first-order chi connectivity index (χ1) is 13.0. The maximum atomic E-state index is 12.4. The van der Waals surface area contributed by atoms with Crippen LogP contribution in [0, 0.1) is 6.92 Å². The minimum absolute atomic E-state index is 0.130. The van der Waals surface area contributed by atoms with Crippen LogP contribution in [-0.4, -0.2) is 28.0 Å². The zero-order valence-corrected chi connectivity index (χ0v) is 15.6. The molecule has 0 fully saturated rings. The molecule has 0 radical (unpaired) electrons. The van der Waals surface area contributed by atoms with Crippen molar-refractivity contribution in [3.63, 3.8) is 0 Å². The van der Waals surface area contributed by atoms with E-state index in [9.17, 15) is 9.59 Å². The summed E-state index contributed by atoms with van der Waals surface area (Å²) < 4.78 is 6.60. The molecule has 0 bridgehead atoms. The molecule has 0 saturated carbocycles. The summed E-state index contributed by atoms with van der Waals surface area (Å²) in [4.78, 5) is 24.8. The van der Waals surface area contributed by atoms with Crippen molar-refractivity contribution < 1.29 is 9.53 Å². The molecule has 7 heteroatoms. The summed E-state index contributed by atoms with van der Waals surface area (Å²) >= 11 is 0. The molecular formula is C20H22N4O3. The predicted molar refractivity (Wildman–Crippen MR) is 103 cm³/mol. The molecule has 0 unspecified atom stereocenters. The molecule has 2 aromatic carbocycles. The number of aryl methyl sites for hydroxylation is 2. The number of aromatic nitrogens is 3. The molecule has 0 aliphatic carbocycles. The minimum atomic E-state index is -0.248. The third-order valence-corrected chi connectivity index (χ3v) is 4.41. The summed E-state index contributed by atoms with van der Waals surface area (Å²) in [6, 6.07) is 12.6. The molecule has 3 aromatic rings. The van der Waals surface area contributed by atoms with E-state index in [0.29, 0.717) is 10.9 Å². The number of nitrogens with zero attached hydrogens (tertiary/aromatic N) is 3. The van der Waals surface area contributed by atoms with Crippen LogP contribution in [0.2, 0.25) is 0 Å². The van der Waals surface area contributed by atoms with E-state index in [2.05, 4.69) is 15.6 Å². The van der Waals surface area contributed by atoms with Gasteiger partial charge in [0, 0.05) is 12.0 Å². The first kappa shape index (κ1) is 18.6. The van der Waals surface area contributed by atoms with Gasteiger partial charge in [-0.05, 0) is 32.0 Å². The number of ether oxygens (including phenoxy) is 1. The van der Waals surface area contributed by atoms with E-state index in [1.165, 1.54) is 4.68 Å². The van der Waals surface area contributed by atoms with E-state index in [4.69, 9.17) is 4.74 Å². The van der Waals surface area contributed by atoms with Crippen LogP contribution >= 0.6 is 0 Å². The topological polar surface area (TPSA) is 86.1 Å². The van der Waals surface area contributed by atoms with E-state index >= 15 is 0 Å². The maximum Gasteiger partial charge on any atom is 0.277 e. The van der Waals surface area contributed by atoms with Gasteiger partial charge in [0.05, 0.1) is 25.1 Å². The summed E-state index contributed by atoms with van der Waals surface area (Å²) in [5.41, 5.74) is 2.29. The van der Waals surface area contributed by atoms with Crippen LogP contribution in [0.3, 0.4) is 0 Å². The van der Waals surface area contributed by atoms with Gasteiger partial charge in [-0.15, -0.1) is 5.10 Å². The number of fused-ring (bicyclic) bond motifs is 1. The number of nitrogens with one attached hydrogen (secondary N) is 1. The largest absolute Gasteiger partial charge is 0.496 e. The lowest BCUT2D eigenvalue weighted by atomic mass is 10.0. The Balaban J connectivity index is 1.67. The Bertz CT molecular complexity index is 1030. The van der Waals surface area contributed by atoms with Crippen molar-refractivity contribution >= 4 is 16.8 Å². The summed E-state index contributed by atoms with van der Waals surface area (Å²) in [6.45, 7) is 4.06. The van der Waals surface area contributed by atoms with Gasteiger partial charge in [-0.25, -0.2) is 4.68 Å². The standard InChI is InChI=1S/C20H22N4O3/c1-13-8-9-18(27-3)16(12-13)14(2)21-19(25)10-11-24-20(26)15-6-4-5-7-17(15)22-23-24/h4-9,12,14H,10-11H2,1-3H3,(H,21,25)/t14-/m0/s1. The molecule has 1 N–H and O–H groups in total. The van der Waals surface area contributed by atoms with Crippen molar-refractivity contribution in [1.29, 1.82) is 0 Å². The summed E-state index contributed by atoms with van der Waals surface area (Å²) in [7, 11) is 1.60. The van der Waals surface area contributed by atoms with Crippen LogP contribution in [0.25, 0.3) is 10.9 Å². The molecule has 0 aliphatic heterocycles. The second-order valence-electron chi connectivity index (χ2n) is 6.42. The van der Waals surface area contributed by atoms with Crippen LogP contribution in [0.1, 0.15) is 30.5 Å². The van der Waals surface area contributed by atoms with Gasteiger partial charge in [0.25, 0.3) is 5.56 Å². The summed E-state index contributed by atoms with van der Waals surface area (Å²) in [5, 5.41) is 11.4. The van der Waals surface area contributed by atoms with Crippen LogP contribution < -0.4 is 15.6 Å². The number of hydrogen-bond donors (Lipinski definition) is 1. The van der Waals surface area contributed by atoms with Gasteiger partial charge in [-0.3, -0.25) is 9.59 Å². The lowest BCUT2D eigenvalue weighted by molar-refractivity contribution is -0.122. The third kappa shape index (κ3) is 4.13. The molecule has 27 heavy (non-hydrogen) atoms. The first-order valence-corrected chi connectivity index (χ1v) is 8.76. The number of carbonyl (C=O) groups is 1. The molecule has 1 aromatic heterocycles. The van der Waals surface area contributed by atoms with Gasteiger partial charge in [-0.1, -0.05) is 35.0 Å². The van der Waals surface area contributed by atoms with Gasteiger partial charge in [0.15, 0.2) is 0 Å². The zero-order chi connectivity index (χ0) is 19.4. The van der Waals surface area contributed by atoms with Crippen LogP contribution in [0.15, 0.2) is 47.3 Å². The Labute approximate surface area is 157 Å². The van der Waals surface area contributed by atoms with Gasteiger partial charge < -0.3 is 10.1 Å². The van der Waals surface area contributed by atoms with E-state index in [-0.39, 0.29) is 30.5 Å². The second-order valence-corrected chi connectivity index (χ2v) is 6.42. The normalized spacial score (nSPS) is 12.0. The number of amides is 1. The Morgan fingerprint density at radius 3 is 2.81 bits per heavy atom. The quantitative estimate of drug-likeness (QED) is 0.724. The predicted octanol–water partition coefficient (Wildman–Crippen LogP) is 2.38. The Morgan fingerprint density at radius 1 is 1.26 bits per heavy atom. The first-order valence-electron chi connectivity index (χ1n) is 8.76. The molecular weight excluding hydrogens is 344 g/mol. The summed E-state index contributed by atoms with van der Waals surface area (Å²) in [5.74, 6) is 0.554. The molecule has 7 nitrogen and oxygen atoms in total. The van der Waals surface area contributed by atoms with Crippen LogP contribution in [-0.2, 0) is 11.3 Å². The fraction of sp³-hybridized carbons (Fsp3) is 0.300. The number of carbonyl (C=O) groups excluding carboxylic acids is 1. The van der Waals surface area contributed by atoms with Crippen molar-refractivity contribution in [3.8, 4) is 5.75 Å². The van der Waals surface area contributed by atoms with E-state index < -0.39 is 0 Å². The fourth-order valence-corrected chi connectivity index (χ4v) is 2.96. The Hall–Kier alpha value is -3.22. The lowest BCUT2D eigenvalue weighted by Gasteiger charge is -2.18. The fourth-order valence-electron chi connectivity index (χ4n) is 2.96. The van der Waals surface area contributed by atoms with Crippen molar-refractivity contribution in [2.75, 3.05) is 7.11 Å². The summed E-state index contributed by atoms with van der Waals surface area (Å²) in [6.07, 6.45) is 0.130. The number of hydrogen-bond acceptors (Lipinski definition) is 5. The van der Waals surface area contributed by atoms with Crippen molar-refractivity contribution in [1.82, 2.24) is 20.3 Å².